The number of halogens is 1. The molecule has 1 aromatic carbocycles. The second-order valence-corrected chi connectivity index (χ2v) is 5.32. The van der Waals surface area contributed by atoms with Gasteiger partial charge in [0.1, 0.15) is 12.4 Å². The fraction of sp³-hybridized carbons (Fsp3) is 0.611. The molecule has 0 aliphatic rings. The van der Waals surface area contributed by atoms with Gasteiger partial charge in [0.15, 0.2) is 5.96 Å². The minimum Gasteiger partial charge on any atom is -0.491 e. The predicted molar refractivity (Wildman–Crippen MR) is 96.6 cm³/mol. The number of alkyl halides is 1. The van der Waals surface area contributed by atoms with Gasteiger partial charge in [0, 0.05) is 25.3 Å². The Morgan fingerprint density at radius 1 is 1.21 bits per heavy atom. The third-order valence-corrected chi connectivity index (χ3v) is 3.27. The van der Waals surface area contributed by atoms with Crippen molar-refractivity contribution in [3.05, 3.63) is 29.3 Å². The first-order chi connectivity index (χ1) is 11.7. The zero-order chi connectivity index (χ0) is 17.6. The summed E-state index contributed by atoms with van der Waals surface area (Å²) in [6.45, 7) is 9.25. The highest BCUT2D eigenvalue weighted by Crippen LogP contribution is 2.21. The molecule has 24 heavy (non-hydrogen) atoms. The fourth-order valence-corrected chi connectivity index (χ4v) is 2.06. The molecule has 0 fully saturated rings. The quantitative estimate of drug-likeness (QED) is 0.370. The average molecular weight is 339 g/mol. The van der Waals surface area contributed by atoms with Gasteiger partial charge in [0.25, 0.3) is 0 Å². The van der Waals surface area contributed by atoms with E-state index in [2.05, 4.69) is 15.6 Å². The van der Waals surface area contributed by atoms with Crippen LogP contribution in [0.2, 0.25) is 0 Å². The number of nitrogens with one attached hydrogen (secondary N) is 2. The van der Waals surface area contributed by atoms with Crippen molar-refractivity contribution in [2.24, 2.45) is 4.99 Å². The topological polar surface area (TPSA) is 54.9 Å². The molecule has 0 bridgehead atoms. The molecule has 1 rings (SSSR count). The number of hydrogen-bond donors (Lipinski definition) is 2. The molecular weight excluding hydrogens is 309 g/mol. The van der Waals surface area contributed by atoms with E-state index in [-0.39, 0.29) is 6.67 Å². The van der Waals surface area contributed by atoms with Crippen LogP contribution in [-0.2, 0) is 11.3 Å². The monoisotopic (exact) mass is 339 g/mol. The molecule has 0 atom stereocenters. The van der Waals surface area contributed by atoms with Crippen molar-refractivity contribution in [1.82, 2.24) is 10.6 Å². The summed E-state index contributed by atoms with van der Waals surface area (Å²) in [5.74, 6) is 1.52. The summed E-state index contributed by atoms with van der Waals surface area (Å²) in [5.41, 5.74) is 2.15. The Labute approximate surface area is 144 Å². The third kappa shape index (κ3) is 8.15. The summed E-state index contributed by atoms with van der Waals surface area (Å²) in [7, 11) is 0. The summed E-state index contributed by atoms with van der Waals surface area (Å²) < 4.78 is 23.4. The van der Waals surface area contributed by atoms with Gasteiger partial charge < -0.3 is 20.1 Å². The molecule has 6 heteroatoms. The summed E-state index contributed by atoms with van der Waals surface area (Å²) in [5, 5.41) is 6.28. The Morgan fingerprint density at radius 3 is 2.75 bits per heavy atom. The van der Waals surface area contributed by atoms with E-state index in [1.807, 2.05) is 39.0 Å². The molecule has 0 saturated carbocycles. The van der Waals surface area contributed by atoms with Gasteiger partial charge in [-0.1, -0.05) is 12.1 Å². The first kappa shape index (κ1) is 20.2. The highest BCUT2D eigenvalue weighted by molar-refractivity contribution is 5.79. The van der Waals surface area contributed by atoms with Crippen molar-refractivity contribution in [3.8, 4) is 5.75 Å². The fourth-order valence-electron chi connectivity index (χ4n) is 2.06. The summed E-state index contributed by atoms with van der Waals surface area (Å²) in [6, 6.07) is 6.09. The lowest BCUT2D eigenvalue weighted by Crippen LogP contribution is -2.37. The standard InChI is InChI=1S/C18H30FN3O2/c1-4-20-18(21-10-6-9-19)22-14-16-8-7-15(3)13-17(16)24-12-11-23-5-2/h7-8,13H,4-6,9-12,14H2,1-3H3,(H2,20,21,22). The summed E-state index contributed by atoms with van der Waals surface area (Å²) in [6.07, 6.45) is 0.473. The maximum absolute atomic E-state index is 12.2. The minimum absolute atomic E-state index is 0.331. The molecule has 0 aliphatic carbocycles. The molecule has 0 heterocycles. The second-order valence-electron chi connectivity index (χ2n) is 5.32. The number of nitrogens with zero attached hydrogens (tertiary/aromatic N) is 1. The molecule has 2 N–H and O–H groups in total. The van der Waals surface area contributed by atoms with Crippen LogP contribution >= 0.6 is 0 Å². The largest absolute Gasteiger partial charge is 0.491 e. The van der Waals surface area contributed by atoms with E-state index in [9.17, 15) is 4.39 Å². The minimum atomic E-state index is -0.331. The molecule has 0 amide bonds. The Bertz CT molecular complexity index is 495. The first-order valence-corrected chi connectivity index (χ1v) is 8.59. The van der Waals surface area contributed by atoms with Crippen molar-refractivity contribution in [2.45, 2.75) is 33.7 Å². The van der Waals surface area contributed by atoms with Crippen LogP contribution in [0.3, 0.4) is 0 Å². The maximum atomic E-state index is 12.2. The second kappa shape index (κ2) is 12.6. The predicted octanol–water partition coefficient (Wildman–Crippen LogP) is 2.83. The van der Waals surface area contributed by atoms with Crippen LogP contribution in [0.25, 0.3) is 0 Å². The molecule has 0 saturated heterocycles. The number of hydrogen-bond acceptors (Lipinski definition) is 3. The van der Waals surface area contributed by atoms with Gasteiger partial charge in [-0.05, 0) is 38.8 Å². The molecule has 0 aromatic heterocycles. The van der Waals surface area contributed by atoms with E-state index in [4.69, 9.17) is 9.47 Å². The van der Waals surface area contributed by atoms with Crippen molar-refractivity contribution < 1.29 is 13.9 Å². The Morgan fingerprint density at radius 2 is 2.04 bits per heavy atom. The van der Waals surface area contributed by atoms with E-state index >= 15 is 0 Å². The van der Waals surface area contributed by atoms with Gasteiger partial charge in [-0.25, -0.2) is 4.99 Å². The van der Waals surface area contributed by atoms with Crippen LogP contribution in [0.4, 0.5) is 4.39 Å². The van der Waals surface area contributed by atoms with Gasteiger partial charge in [0.05, 0.1) is 19.8 Å². The molecule has 5 nitrogen and oxygen atoms in total. The molecule has 1 aromatic rings. The van der Waals surface area contributed by atoms with Crippen LogP contribution in [0.5, 0.6) is 5.75 Å². The highest BCUT2D eigenvalue weighted by Gasteiger charge is 2.05. The smallest absolute Gasteiger partial charge is 0.191 e. The molecule has 0 unspecified atom stereocenters. The first-order valence-electron chi connectivity index (χ1n) is 8.59. The number of ether oxygens (including phenoxy) is 2. The van der Waals surface area contributed by atoms with E-state index in [0.717, 1.165) is 23.4 Å². The number of aryl methyl sites for hydroxylation is 1. The molecular formula is C18H30FN3O2. The van der Waals surface area contributed by atoms with E-state index in [1.165, 1.54) is 0 Å². The number of guanidine groups is 1. The maximum Gasteiger partial charge on any atom is 0.191 e. The molecule has 0 spiro atoms. The van der Waals surface area contributed by atoms with Crippen molar-refractivity contribution in [2.75, 3.05) is 39.6 Å². The van der Waals surface area contributed by atoms with Crippen molar-refractivity contribution >= 4 is 5.96 Å². The highest BCUT2D eigenvalue weighted by atomic mass is 19.1. The van der Waals surface area contributed by atoms with E-state index < -0.39 is 0 Å². The summed E-state index contributed by atoms with van der Waals surface area (Å²) >= 11 is 0. The molecule has 0 aliphatic heterocycles. The van der Waals surface area contributed by atoms with Gasteiger partial charge in [0.2, 0.25) is 0 Å². The lowest BCUT2D eigenvalue weighted by molar-refractivity contribution is 0.110. The van der Waals surface area contributed by atoms with Crippen LogP contribution in [-0.4, -0.2) is 45.5 Å². The molecule has 136 valence electrons. The van der Waals surface area contributed by atoms with Gasteiger partial charge in [-0.2, -0.15) is 0 Å². The Balaban J connectivity index is 2.70. The summed E-state index contributed by atoms with van der Waals surface area (Å²) in [4.78, 5) is 4.55. The number of aliphatic imine (C=N–C) groups is 1. The van der Waals surface area contributed by atoms with Crippen LogP contribution < -0.4 is 15.4 Å². The number of benzene rings is 1. The lowest BCUT2D eigenvalue weighted by Gasteiger charge is -2.13. The normalized spacial score (nSPS) is 11.4. The van der Waals surface area contributed by atoms with Gasteiger partial charge in [-0.15, -0.1) is 0 Å². The Kier molecular flexibility index (Phi) is 10.6. The van der Waals surface area contributed by atoms with E-state index in [1.54, 1.807) is 0 Å². The van der Waals surface area contributed by atoms with Crippen LogP contribution in [0, 0.1) is 6.92 Å². The zero-order valence-electron chi connectivity index (χ0n) is 15.0. The van der Waals surface area contributed by atoms with Crippen LogP contribution in [0.15, 0.2) is 23.2 Å². The third-order valence-electron chi connectivity index (χ3n) is 3.27. The van der Waals surface area contributed by atoms with Gasteiger partial charge >= 0.3 is 0 Å². The lowest BCUT2D eigenvalue weighted by atomic mass is 10.1. The van der Waals surface area contributed by atoms with Gasteiger partial charge in [-0.3, -0.25) is 4.39 Å². The zero-order valence-corrected chi connectivity index (χ0v) is 15.0. The number of rotatable bonds is 11. The average Bonchev–Trinajstić information content (AvgIpc) is 2.58. The SMILES string of the molecule is CCNC(=NCc1ccc(C)cc1OCCOCC)NCCCF. The van der Waals surface area contributed by atoms with E-state index in [0.29, 0.717) is 45.3 Å². The van der Waals surface area contributed by atoms with Crippen molar-refractivity contribution in [3.63, 3.8) is 0 Å². The van der Waals surface area contributed by atoms with Crippen molar-refractivity contribution in [1.29, 1.82) is 0 Å². The Hall–Kier alpha value is -1.82. The van der Waals surface area contributed by atoms with Crippen LogP contribution in [0.1, 0.15) is 31.4 Å². The molecule has 0 radical (unpaired) electrons.